The Bertz CT molecular complexity index is 1120. The Morgan fingerprint density at radius 1 is 1.17 bits per heavy atom. The minimum absolute atomic E-state index is 0.145. The average Bonchev–Trinajstić information content (AvgIpc) is 3.43. The number of imidazole rings is 1. The van der Waals surface area contributed by atoms with Gasteiger partial charge >= 0.3 is 5.97 Å². The summed E-state index contributed by atoms with van der Waals surface area (Å²) in [6.45, 7) is 4.52. The Morgan fingerprint density at radius 3 is 2.67 bits per heavy atom. The second kappa shape index (κ2) is 8.87. The first-order valence-electron chi connectivity index (χ1n) is 9.45. The topological polar surface area (TPSA) is 79.1 Å². The van der Waals surface area contributed by atoms with Crippen LogP contribution in [0.15, 0.2) is 61.3 Å². The van der Waals surface area contributed by atoms with E-state index in [9.17, 15) is 4.79 Å². The SMILES string of the molecule is CCOc1ccc(-c2nc(C)c(C(=O)OCc3ccc(-n4ccnc4)nc3)s2)cc1. The fraction of sp³-hybridized carbons (Fsp3) is 0.182. The van der Waals surface area contributed by atoms with E-state index in [1.54, 1.807) is 23.3 Å². The van der Waals surface area contributed by atoms with Crippen LogP contribution in [-0.4, -0.2) is 32.1 Å². The number of ether oxygens (including phenoxy) is 2. The number of benzene rings is 1. The molecule has 0 saturated heterocycles. The van der Waals surface area contributed by atoms with Gasteiger partial charge in [0.2, 0.25) is 0 Å². The Morgan fingerprint density at radius 2 is 2.00 bits per heavy atom. The molecule has 0 aliphatic rings. The molecule has 30 heavy (non-hydrogen) atoms. The molecule has 0 aliphatic heterocycles. The van der Waals surface area contributed by atoms with Gasteiger partial charge in [0.1, 0.15) is 34.4 Å². The molecule has 0 atom stereocenters. The molecule has 0 radical (unpaired) electrons. The van der Waals surface area contributed by atoms with Crippen LogP contribution in [0.4, 0.5) is 0 Å². The predicted molar refractivity (Wildman–Crippen MR) is 114 cm³/mol. The Hall–Kier alpha value is -3.52. The maximum absolute atomic E-state index is 12.6. The van der Waals surface area contributed by atoms with Gasteiger partial charge in [-0.2, -0.15) is 0 Å². The van der Waals surface area contributed by atoms with Crippen molar-refractivity contribution in [1.82, 2.24) is 19.5 Å². The molecule has 0 unspecified atom stereocenters. The van der Waals surface area contributed by atoms with Crippen LogP contribution in [0.25, 0.3) is 16.4 Å². The molecule has 152 valence electrons. The minimum Gasteiger partial charge on any atom is -0.494 e. The number of hydrogen-bond acceptors (Lipinski definition) is 7. The molecule has 0 bridgehead atoms. The van der Waals surface area contributed by atoms with Gasteiger partial charge in [-0.1, -0.05) is 6.07 Å². The van der Waals surface area contributed by atoms with Crippen molar-refractivity contribution in [3.63, 3.8) is 0 Å². The van der Waals surface area contributed by atoms with Crippen molar-refractivity contribution in [1.29, 1.82) is 0 Å². The molecule has 0 amide bonds. The van der Waals surface area contributed by atoms with Gasteiger partial charge in [0, 0.05) is 29.7 Å². The standard InChI is InChI=1S/C22H20N4O3S/c1-3-28-18-7-5-17(6-8-18)21-25-15(2)20(30-21)22(27)29-13-16-4-9-19(24-12-16)26-11-10-23-14-26/h4-12,14H,3,13H2,1-2H3. The summed E-state index contributed by atoms with van der Waals surface area (Å²) in [5, 5.41) is 0.772. The van der Waals surface area contributed by atoms with E-state index in [0.29, 0.717) is 17.2 Å². The number of pyridine rings is 1. The summed E-state index contributed by atoms with van der Waals surface area (Å²) in [6.07, 6.45) is 6.87. The van der Waals surface area contributed by atoms with Crippen LogP contribution in [-0.2, 0) is 11.3 Å². The number of rotatable bonds is 7. The fourth-order valence-electron chi connectivity index (χ4n) is 2.83. The normalized spacial score (nSPS) is 10.7. The first-order chi connectivity index (χ1) is 14.6. The van der Waals surface area contributed by atoms with Crippen LogP contribution in [0, 0.1) is 6.92 Å². The van der Waals surface area contributed by atoms with Crippen molar-refractivity contribution in [3.05, 3.63) is 77.5 Å². The number of nitrogens with zero attached hydrogens (tertiary/aromatic N) is 4. The van der Waals surface area contributed by atoms with E-state index in [2.05, 4.69) is 15.0 Å². The third-order valence-electron chi connectivity index (χ3n) is 4.34. The van der Waals surface area contributed by atoms with Crippen LogP contribution in [0.2, 0.25) is 0 Å². The van der Waals surface area contributed by atoms with E-state index >= 15 is 0 Å². The highest BCUT2D eigenvalue weighted by atomic mass is 32.1. The predicted octanol–water partition coefficient (Wildman–Crippen LogP) is 4.45. The maximum atomic E-state index is 12.6. The average molecular weight is 420 g/mol. The molecular weight excluding hydrogens is 400 g/mol. The lowest BCUT2D eigenvalue weighted by atomic mass is 10.2. The lowest BCUT2D eigenvalue weighted by Crippen LogP contribution is -2.05. The van der Waals surface area contributed by atoms with Gasteiger partial charge in [0.15, 0.2) is 0 Å². The number of aromatic nitrogens is 4. The monoisotopic (exact) mass is 420 g/mol. The van der Waals surface area contributed by atoms with Gasteiger partial charge in [0.25, 0.3) is 0 Å². The first kappa shape index (κ1) is 19.8. The first-order valence-corrected chi connectivity index (χ1v) is 10.3. The van der Waals surface area contributed by atoms with Crippen molar-refractivity contribution in [2.75, 3.05) is 6.61 Å². The van der Waals surface area contributed by atoms with E-state index in [0.717, 1.165) is 27.7 Å². The summed E-state index contributed by atoms with van der Waals surface area (Å²) in [5.74, 6) is 1.17. The number of thiazole rings is 1. The molecule has 7 nitrogen and oxygen atoms in total. The van der Waals surface area contributed by atoms with E-state index < -0.39 is 0 Å². The number of esters is 1. The second-order valence-corrected chi connectivity index (χ2v) is 7.46. The van der Waals surface area contributed by atoms with Crippen LogP contribution in [0.5, 0.6) is 5.75 Å². The van der Waals surface area contributed by atoms with Crippen LogP contribution in [0.3, 0.4) is 0 Å². The van der Waals surface area contributed by atoms with E-state index in [4.69, 9.17) is 9.47 Å². The summed E-state index contributed by atoms with van der Waals surface area (Å²) < 4.78 is 12.7. The zero-order chi connectivity index (χ0) is 20.9. The van der Waals surface area contributed by atoms with Crippen molar-refractivity contribution in [3.8, 4) is 22.1 Å². The summed E-state index contributed by atoms with van der Waals surface area (Å²) in [7, 11) is 0. The highest BCUT2D eigenvalue weighted by Crippen LogP contribution is 2.29. The number of carbonyl (C=O) groups excluding carboxylic acids is 1. The van der Waals surface area contributed by atoms with Gasteiger partial charge in [-0.05, 0) is 44.2 Å². The molecule has 0 spiro atoms. The molecule has 1 aromatic carbocycles. The third kappa shape index (κ3) is 4.38. The summed E-state index contributed by atoms with van der Waals surface area (Å²) in [6, 6.07) is 11.4. The lowest BCUT2D eigenvalue weighted by Gasteiger charge is -2.05. The summed E-state index contributed by atoms with van der Waals surface area (Å²) >= 11 is 1.32. The highest BCUT2D eigenvalue weighted by molar-refractivity contribution is 7.17. The molecule has 3 aromatic heterocycles. The quantitative estimate of drug-likeness (QED) is 0.411. The molecule has 4 rings (SSSR count). The van der Waals surface area contributed by atoms with Crippen molar-refractivity contribution >= 4 is 17.3 Å². The van der Waals surface area contributed by atoms with E-state index in [1.807, 2.05) is 56.4 Å². The molecule has 4 aromatic rings. The Kier molecular flexibility index (Phi) is 5.85. The van der Waals surface area contributed by atoms with Crippen molar-refractivity contribution < 1.29 is 14.3 Å². The van der Waals surface area contributed by atoms with Crippen LogP contribution < -0.4 is 4.74 Å². The van der Waals surface area contributed by atoms with Gasteiger partial charge < -0.3 is 9.47 Å². The molecule has 0 aliphatic carbocycles. The summed E-state index contributed by atoms with van der Waals surface area (Å²) in [4.78, 5) is 26.0. The number of carbonyl (C=O) groups is 1. The highest BCUT2D eigenvalue weighted by Gasteiger charge is 2.18. The van der Waals surface area contributed by atoms with E-state index in [-0.39, 0.29) is 12.6 Å². The number of aryl methyl sites for hydroxylation is 1. The van der Waals surface area contributed by atoms with Crippen LogP contribution >= 0.6 is 11.3 Å². The third-order valence-corrected chi connectivity index (χ3v) is 5.53. The van der Waals surface area contributed by atoms with E-state index in [1.165, 1.54) is 11.3 Å². The fourth-order valence-corrected chi connectivity index (χ4v) is 3.80. The van der Waals surface area contributed by atoms with Crippen molar-refractivity contribution in [2.45, 2.75) is 20.5 Å². The van der Waals surface area contributed by atoms with Crippen LogP contribution in [0.1, 0.15) is 27.9 Å². The minimum atomic E-state index is -0.388. The second-order valence-electron chi connectivity index (χ2n) is 6.46. The zero-order valence-corrected chi connectivity index (χ0v) is 17.4. The maximum Gasteiger partial charge on any atom is 0.350 e. The molecular formula is C22H20N4O3S. The smallest absolute Gasteiger partial charge is 0.350 e. The van der Waals surface area contributed by atoms with Gasteiger partial charge in [-0.25, -0.2) is 19.7 Å². The molecule has 8 heteroatoms. The molecule has 3 heterocycles. The number of hydrogen-bond donors (Lipinski definition) is 0. The molecule has 0 saturated carbocycles. The van der Waals surface area contributed by atoms with Gasteiger partial charge in [0.05, 0.1) is 12.3 Å². The van der Waals surface area contributed by atoms with Crippen molar-refractivity contribution in [2.24, 2.45) is 0 Å². The molecule has 0 N–H and O–H groups in total. The Labute approximate surface area is 178 Å². The summed E-state index contributed by atoms with van der Waals surface area (Å²) in [5.41, 5.74) is 2.40. The largest absolute Gasteiger partial charge is 0.494 e. The Balaban J connectivity index is 1.41. The van der Waals surface area contributed by atoms with Gasteiger partial charge in [-0.3, -0.25) is 4.57 Å². The zero-order valence-electron chi connectivity index (χ0n) is 16.6. The van der Waals surface area contributed by atoms with Gasteiger partial charge in [-0.15, -0.1) is 11.3 Å². The molecule has 0 fully saturated rings. The lowest BCUT2D eigenvalue weighted by molar-refractivity contribution is 0.0477.